The molecule has 0 saturated heterocycles. The summed E-state index contributed by atoms with van der Waals surface area (Å²) in [5, 5.41) is 5.55. The molecule has 3 N–H and O–H groups in total. The summed E-state index contributed by atoms with van der Waals surface area (Å²) >= 11 is 0. The Hall–Kier alpha value is -3.08. The van der Waals surface area contributed by atoms with E-state index in [0.717, 1.165) is 39.1 Å². The zero-order valence-electron chi connectivity index (χ0n) is 12.1. The standard InChI is InChI=1S/C17H15N5/c1-11-2-3-15(18)7-16(11)22-10-14(9-21-22)13-6-12-4-5-19-17(12)20-8-13/h2-10H,18H2,1H3,(H,19,20). The van der Waals surface area contributed by atoms with Gasteiger partial charge in [-0.3, -0.25) is 0 Å². The van der Waals surface area contributed by atoms with Crippen molar-refractivity contribution in [1.29, 1.82) is 0 Å². The number of hydrogen-bond acceptors (Lipinski definition) is 3. The van der Waals surface area contributed by atoms with Crippen molar-refractivity contribution in [2.24, 2.45) is 0 Å². The number of rotatable bonds is 2. The number of nitrogen functional groups attached to an aromatic ring is 1. The third-order valence-corrected chi connectivity index (χ3v) is 3.80. The minimum absolute atomic E-state index is 0.730. The van der Waals surface area contributed by atoms with Gasteiger partial charge in [-0.2, -0.15) is 5.10 Å². The molecule has 4 rings (SSSR count). The highest BCUT2D eigenvalue weighted by atomic mass is 15.3. The fourth-order valence-corrected chi connectivity index (χ4v) is 2.57. The first-order valence-electron chi connectivity index (χ1n) is 7.05. The maximum Gasteiger partial charge on any atom is 0.137 e. The summed E-state index contributed by atoms with van der Waals surface area (Å²) in [6.45, 7) is 2.05. The van der Waals surface area contributed by atoms with E-state index >= 15 is 0 Å². The number of aromatic amines is 1. The minimum atomic E-state index is 0.730. The van der Waals surface area contributed by atoms with E-state index in [-0.39, 0.29) is 0 Å². The molecule has 0 saturated carbocycles. The van der Waals surface area contributed by atoms with Crippen LogP contribution in [0, 0.1) is 6.92 Å². The number of anilines is 1. The first-order valence-corrected chi connectivity index (χ1v) is 7.05. The molecule has 0 bridgehead atoms. The molecule has 22 heavy (non-hydrogen) atoms. The van der Waals surface area contributed by atoms with Gasteiger partial charge in [-0.05, 0) is 36.8 Å². The number of H-pyrrole nitrogens is 1. The van der Waals surface area contributed by atoms with Crippen LogP contribution in [0.1, 0.15) is 5.56 Å². The summed E-state index contributed by atoms with van der Waals surface area (Å²) < 4.78 is 1.85. The van der Waals surface area contributed by atoms with Crippen LogP contribution >= 0.6 is 0 Å². The van der Waals surface area contributed by atoms with Crippen LogP contribution in [0.15, 0.2) is 55.1 Å². The van der Waals surface area contributed by atoms with Gasteiger partial charge in [0.2, 0.25) is 0 Å². The molecule has 0 spiro atoms. The van der Waals surface area contributed by atoms with Gasteiger partial charge in [-0.1, -0.05) is 6.07 Å². The number of nitrogens with one attached hydrogen (secondary N) is 1. The van der Waals surface area contributed by atoms with Crippen LogP contribution in [0.3, 0.4) is 0 Å². The van der Waals surface area contributed by atoms with E-state index in [1.54, 1.807) is 0 Å². The topological polar surface area (TPSA) is 72.5 Å². The molecule has 0 aliphatic carbocycles. The lowest BCUT2D eigenvalue weighted by Gasteiger charge is -2.06. The summed E-state index contributed by atoms with van der Waals surface area (Å²) in [6, 6.07) is 9.94. The van der Waals surface area contributed by atoms with E-state index < -0.39 is 0 Å². The number of fused-ring (bicyclic) bond motifs is 1. The number of nitrogens with zero attached hydrogens (tertiary/aromatic N) is 3. The molecule has 5 nitrogen and oxygen atoms in total. The van der Waals surface area contributed by atoms with Crippen molar-refractivity contribution in [1.82, 2.24) is 19.7 Å². The number of aryl methyl sites for hydroxylation is 1. The SMILES string of the molecule is Cc1ccc(N)cc1-n1cc(-c2cnc3[nH]ccc3c2)cn1. The van der Waals surface area contributed by atoms with E-state index in [1.807, 2.05) is 60.7 Å². The Kier molecular flexibility index (Phi) is 2.72. The van der Waals surface area contributed by atoms with Crippen LogP contribution in [0.5, 0.6) is 0 Å². The van der Waals surface area contributed by atoms with Gasteiger partial charge in [0, 0.05) is 40.8 Å². The molecule has 1 aromatic carbocycles. The zero-order valence-corrected chi connectivity index (χ0v) is 12.1. The normalized spacial score (nSPS) is 11.1. The van der Waals surface area contributed by atoms with Gasteiger partial charge in [0.15, 0.2) is 0 Å². The molecule has 0 aliphatic heterocycles. The van der Waals surface area contributed by atoms with Crippen molar-refractivity contribution >= 4 is 16.7 Å². The fourth-order valence-electron chi connectivity index (χ4n) is 2.57. The Labute approximate surface area is 127 Å². The molecule has 0 aliphatic rings. The van der Waals surface area contributed by atoms with Crippen LogP contribution in [0.2, 0.25) is 0 Å². The Bertz CT molecular complexity index is 964. The fraction of sp³-hybridized carbons (Fsp3) is 0.0588. The molecule has 5 heteroatoms. The van der Waals surface area contributed by atoms with E-state index in [9.17, 15) is 0 Å². The van der Waals surface area contributed by atoms with Crippen LogP contribution in [0.25, 0.3) is 27.8 Å². The van der Waals surface area contributed by atoms with Crippen molar-refractivity contribution in [2.75, 3.05) is 5.73 Å². The highest BCUT2D eigenvalue weighted by molar-refractivity contribution is 5.81. The summed E-state index contributed by atoms with van der Waals surface area (Å²) in [5.74, 6) is 0. The Morgan fingerprint density at radius 1 is 1.09 bits per heavy atom. The second kappa shape index (κ2) is 4.73. The maximum atomic E-state index is 5.88. The second-order valence-electron chi connectivity index (χ2n) is 5.36. The third-order valence-electron chi connectivity index (χ3n) is 3.80. The van der Waals surface area contributed by atoms with Crippen molar-refractivity contribution in [3.8, 4) is 16.8 Å². The largest absolute Gasteiger partial charge is 0.399 e. The molecule has 0 atom stereocenters. The molecule has 0 radical (unpaired) electrons. The van der Waals surface area contributed by atoms with Gasteiger partial charge >= 0.3 is 0 Å². The highest BCUT2D eigenvalue weighted by Crippen LogP contribution is 2.24. The Balaban J connectivity index is 1.78. The lowest BCUT2D eigenvalue weighted by molar-refractivity contribution is 0.873. The molecular weight excluding hydrogens is 274 g/mol. The number of pyridine rings is 1. The van der Waals surface area contributed by atoms with Gasteiger partial charge < -0.3 is 10.7 Å². The highest BCUT2D eigenvalue weighted by Gasteiger charge is 2.07. The molecule has 0 fully saturated rings. The van der Waals surface area contributed by atoms with Gasteiger partial charge in [-0.25, -0.2) is 9.67 Å². The maximum absolute atomic E-state index is 5.88. The van der Waals surface area contributed by atoms with Crippen LogP contribution in [-0.4, -0.2) is 19.7 Å². The van der Waals surface area contributed by atoms with Crippen LogP contribution in [0.4, 0.5) is 5.69 Å². The Morgan fingerprint density at radius 2 is 2.00 bits per heavy atom. The third kappa shape index (κ3) is 2.03. The molecule has 0 amide bonds. The van der Waals surface area contributed by atoms with Crippen molar-refractivity contribution < 1.29 is 0 Å². The monoisotopic (exact) mass is 289 g/mol. The van der Waals surface area contributed by atoms with E-state index in [2.05, 4.69) is 21.1 Å². The van der Waals surface area contributed by atoms with Crippen LogP contribution in [-0.2, 0) is 0 Å². The molecule has 108 valence electrons. The average molecular weight is 289 g/mol. The summed E-state index contributed by atoms with van der Waals surface area (Å²) in [6.07, 6.45) is 7.59. The quantitative estimate of drug-likeness (QED) is 0.556. The lowest BCUT2D eigenvalue weighted by atomic mass is 10.1. The van der Waals surface area contributed by atoms with Crippen molar-refractivity contribution in [2.45, 2.75) is 6.92 Å². The predicted octanol–water partition coefficient (Wildman–Crippen LogP) is 3.31. The summed E-state index contributed by atoms with van der Waals surface area (Å²) in [5.41, 5.74) is 11.7. The first-order chi connectivity index (χ1) is 10.7. The smallest absolute Gasteiger partial charge is 0.137 e. The van der Waals surface area contributed by atoms with Crippen molar-refractivity contribution in [3.05, 3.63) is 60.7 Å². The Morgan fingerprint density at radius 3 is 2.91 bits per heavy atom. The number of aromatic nitrogens is 4. The predicted molar refractivity (Wildman–Crippen MR) is 87.8 cm³/mol. The lowest BCUT2D eigenvalue weighted by Crippen LogP contribution is -1.98. The number of hydrogen-bond donors (Lipinski definition) is 2. The van der Waals surface area contributed by atoms with E-state index in [4.69, 9.17) is 5.73 Å². The molecular formula is C17H15N5. The second-order valence-corrected chi connectivity index (χ2v) is 5.36. The van der Waals surface area contributed by atoms with Gasteiger partial charge in [0.1, 0.15) is 5.65 Å². The average Bonchev–Trinajstić information content (AvgIpc) is 3.17. The summed E-state index contributed by atoms with van der Waals surface area (Å²) in [7, 11) is 0. The molecule has 3 heterocycles. The van der Waals surface area contributed by atoms with E-state index in [1.165, 1.54) is 0 Å². The van der Waals surface area contributed by atoms with Crippen LogP contribution < -0.4 is 5.73 Å². The van der Waals surface area contributed by atoms with Crippen molar-refractivity contribution in [3.63, 3.8) is 0 Å². The van der Waals surface area contributed by atoms with Gasteiger partial charge in [-0.15, -0.1) is 0 Å². The minimum Gasteiger partial charge on any atom is -0.399 e. The number of benzene rings is 1. The summed E-state index contributed by atoms with van der Waals surface area (Å²) in [4.78, 5) is 7.52. The number of nitrogens with two attached hydrogens (primary N) is 1. The van der Waals surface area contributed by atoms with Gasteiger partial charge in [0.25, 0.3) is 0 Å². The molecule has 3 aromatic heterocycles. The van der Waals surface area contributed by atoms with E-state index in [0.29, 0.717) is 0 Å². The first kappa shape index (κ1) is 12.6. The van der Waals surface area contributed by atoms with Gasteiger partial charge in [0.05, 0.1) is 11.9 Å². The zero-order chi connectivity index (χ0) is 15.1. The molecule has 0 unspecified atom stereocenters. The molecule has 4 aromatic rings.